The number of aliphatic hydroxyl groups excluding tert-OH is 1. The average Bonchev–Trinajstić information content (AvgIpc) is 3.04. The van der Waals surface area contributed by atoms with Crippen LogP contribution in [0.25, 0.3) is 11.3 Å². The maximum absolute atomic E-state index is 12.3. The summed E-state index contributed by atoms with van der Waals surface area (Å²) in [5.74, 6) is 0.384. The second-order valence-corrected chi connectivity index (χ2v) is 6.70. The summed E-state index contributed by atoms with van der Waals surface area (Å²) in [6.45, 7) is 2.38. The highest BCUT2D eigenvalue weighted by Crippen LogP contribution is 2.30. The average molecular weight is 331 g/mol. The van der Waals surface area contributed by atoms with Gasteiger partial charge in [0, 0.05) is 12.2 Å². The summed E-state index contributed by atoms with van der Waals surface area (Å²) >= 11 is 1.44. The van der Waals surface area contributed by atoms with Crippen molar-refractivity contribution in [2.75, 3.05) is 31.6 Å². The highest BCUT2D eigenvalue weighted by Gasteiger charge is 2.21. The molecule has 1 aromatic carbocycles. The maximum atomic E-state index is 12.3. The molecule has 1 saturated heterocycles. The van der Waals surface area contributed by atoms with E-state index in [1.54, 1.807) is 5.51 Å². The van der Waals surface area contributed by atoms with Crippen molar-refractivity contribution < 1.29 is 9.90 Å². The number of benzene rings is 1. The summed E-state index contributed by atoms with van der Waals surface area (Å²) in [6, 6.07) is 9.87. The molecular weight excluding hydrogens is 310 g/mol. The van der Waals surface area contributed by atoms with Crippen LogP contribution < -0.4 is 5.32 Å². The number of likely N-dealkylation sites (tertiary alicyclic amines) is 1. The molecule has 3 rings (SSSR count). The van der Waals surface area contributed by atoms with Gasteiger partial charge in [-0.15, -0.1) is 11.3 Å². The Hall–Kier alpha value is -1.76. The highest BCUT2D eigenvalue weighted by molar-refractivity contribution is 7.14. The minimum atomic E-state index is -0.00567. The van der Waals surface area contributed by atoms with E-state index in [1.165, 1.54) is 11.3 Å². The number of hydrogen-bond donors (Lipinski definition) is 2. The summed E-state index contributed by atoms with van der Waals surface area (Å²) in [5, 5.41) is 13.0. The fourth-order valence-corrected chi connectivity index (χ4v) is 3.55. The van der Waals surface area contributed by atoms with Crippen molar-refractivity contribution in [3.05, 3.63) is 35.8 Å². The molecule has 6 heteroatoms. The van der Waals surface area contributed by atoms with Crippen molar-refractivity contribution in [1.29, 1.82) is 0 Å². The summed E-state index contributed by atoms with van der Waals surface area (Å²) in [6.07, 6.45) is 1.92. The number of hydrogen-bond acceptors (Lipinski definition) is 5. The summed E-state index contributed by atoms with van der Waals surface area (Å²) < 4.78 is 0. The van der Waals surface area contributed by atoms with Crippen LogP contribution in [-0.4, -0.2) is 47.1 Å². The molecule has 1 fully saturated rings. The molecule has 0 spiro atoms. The number of nitrogens with one attached hydrogen (secondary N) is 1. The van der Waals surface area contributed by atoms with E-state index in [2.05, 4.69) is 15.2 Å². The van der Waals surface area contributed by atoms with Gasteiger partial charge in [0.15, 0.2) is 0 Å². The molecule has 5 nitrogen and oxygen atoms in total. The van der Waals surface area contributed by atoms with E-state index in [4.69, 9.17) is 5.11 Å². The first-order valence-electron chi connectivity index (χ1n) is 7.88. The molecule has 23 heavy (non-hydrogen) atoms. The van der Waals surface area contributed by atoms with E-state index in [-0.39, 0.29) is 12.5 Å². The normalized spacial score (nSPS) is 16.4. The molecule has 1 aliphatic rings. The first kappa shape index (κ1) is 16.1. The lowest BCUT2D eigenvalue weighted by atomic mass is 9.98. The molecule has 0 atom stereocenters. The molecule has 122 valence electrons. The van der Waals surface area contributed by atoms with Gasteiger partial charge in [-0.3, -0.25) is 9.69 Å². The van der Waals surface area contributed by atoms with Crippen molar-refractivity contribution in [1.82, 2.24) is 9.88 Å². The van der Waals surface area contributed by atoms with Gasteiger partial charge in [0.25, 0.3) is 0 Å². The fraction of sp³-hybridized carbons (Fsp3) is 0.412. The standard InChI is InChI=1S/C17H21N3O2S/c21-11-13-6-8-20(9-7-13)10-15(22)19-17-16(18-12-23-17)14-4-2-1-3-5-14/h1-5,12-13,21H,6-11H2,(H,19,22). The molecule has 0 radical (unpaired) electrons. The molecule has 0 bridgehead atoms. The summed E-state index contributed by atoms with van der Waals surface area (Å²) in [5.41, 5.74) is 3.58. The first-order chi connectivity index (χ1) is 11.3. The van der Waals surface area contributed by atoms with E-state index in [1.807, 2.05) is 30.3 Å². The van der Waals surface area contributed by atoms with Gasteiger partial charge in [0.05, 0.1) is 12.1 Å². The second kappa shape index (κ2) is 7.68. The Labute approximate surface area is 140 Å². The van der Waals surface area contributed by atoms with E-state index in [0.29, 0.717) is 12.5 Å². The lowest BCUT2D eigenvalue weighted by Crippen LogP contribution is -2.39. The number of anilines is 1. The number of aliphatic hydroxyl groups is 1. The van der Waals surface area contributed by atoms with E-state index in [0.717, 1.165) is 42.2 Å². The number of piperidine rings is 1. The summed E-state index contributed by atoms with van der Waals surface area (Å²) in [4.78, 5) is 18.8. The van der Waals surface area contributed by atoms with Crippen LogP contribution in [0, 0.1) is 5.92 Å². The largest absolute Gasteiger partial charge is 0.396 e. The minimum Gasteiger partial charge on any atom is -0.396 e. The maximum Gasteiger partial charge on any atom is 0.239 e. The molecule has 2 N–H and O–H groups in total. The summed E-state index contributed by atoms with van der Waals surface area (Å²) in [7, 11) is 0. The number of thiazole rings is 1. The van der Waals surface area contributed by atoms with Crippen LogP contribution in [0.15, 0.2) is 35.8 Å². The van der Waals surface area contributed by atoms with E-state index in [9.17, 15) is 4.79 Å². The van der Waals surface area contributed by atoms with Gasteiger partial charge in [0.1, 0.15) is 10.7 Å². The van der Waals surface area contributed by atoms with Gasteiger partial charge in [-0.1, -0.05) is 30.3 Å². The molecule has 0 unspecified atom stereocenters. The van der Waals surface area contributed by atoms with Gasteiger partial charge < -0.3 is 10.4 Å². The first-order valence-corrected chi connectivity index (χ1v) is 8.76. The molecule has 0 saturated carbocycles. The van der Waals surface area contributed by atoms with E-state index >= 15 is 0 Å². The van der Waals surface area contributed by atoms with Crippen LogP contribution in [-0.2, 0) is 4.79 Å². The topological polar surface area (TPSA) is 65.5 Å². The molecule has 2 aromatic rings. The zero-order chi connectivity index (χ0) is 16.1. The van der Waals surface area contributed by atoms with E-state index < -0.39 is 0 Å². The Morgan fingerprint density at radius 2 is 2.04 bits per heavy atom. The third-order valence-electron chi connectivity index (χ3n) is 4.20. The monoisotopic (exact) mass is 331 g/mol. The zero-order valence-corrected chi connectivity index (χ0v) is 13.8. The molecule has 2 heterocycles. The molecular formula is C17H21N3O2S. The minimum absolute atomic E-state index is 0.00567. The Morgan fingerprint density at radius 1 is 1.30 bits per heavy atom. The number of rotatable bonds is 5. The fourth-order valence-electron chi connectivity index (χ4n) is 2.83. The van der Waals surface area contributed by atoms with Crippen molar-refractivity contribution in [3.8, 4) is 11.3 Å². The van der Waals surface area contributed by atoms with Crippen LogP contribution >= 0.6 is 11.3 Å². The highest BCUT2D eigenvalue weighted by atomic mass is 32.1. The number of aromatic nitrogens is 1. The number of nitrogens with zero attached hydrogens (tertiary/aromatic N) is 2. The zero-order valence-electron chi connectivity index (χ0n) is 12.9. The van der Waals surface area contributed by atoms with Gasteiger partial charge in [-0.05, 0) is 31.8 Å². The molecule has 0 aliphatic carbocycles. The van der Waals surface area contributed by atoms with Crippen molar-refractivity contribution in [2.45, 2.75) is 12.8 Å². The quantitative estimate of drug-likeness (QED) is 0.883. The predicted octanol–water partition coefficient (Wildman–Crippen LogP) is 2.45. The lowest BCUT2D eigenvalue weighted by molar-refractivity contribution is -0.117. The Balaban J connectivity index is 1.58. The Morgan fingerprint density at radius 3 is 2.74 bits per heavy atom. The Bertz CT molecular complexity index is 636. The van der Waals surface area contributed by atoms with Crippen molar-refractivity contribution >= 4 is 22.2 Å². The smallest absolute Gasteiger partial charge is 0.239 e. The molecule has 1 amide bonds. The van der Waals surface area contributed by atoms with Crippen molar-refractivity contribution in [2.24, 2.45) is 5.92 Å². The second-order valence-electron chi connectivity index (χ2n) is 5.85. The van der Waals surface area contributed by atoms with Crippen LogP contribution in [0.2, 0.25) is 0 Å². The van der Waals surface area contributed by atoms with Crippen LogP contribution in [0.1, 0.15) is 12.8 Å². The third kappa shape index (κ3) is 4.16. The molecule has 1 aliphatic heterocycles. The van der Waals surface area contributed by atoms with Gasteiger partial charge >= 0.3 is 0 Å². The number of carbonyl (C=O) groups is 1. The van der Waals surface area contributed by atoms with Crippen LogP contribution in [0.3, 0.4) is 0 Å². The number of amides is 1. The lowest BCUT2D eigenvalue weighted by Gasteiger charge is -2.30. The van der Waals surface area contributed by atoms with Crippen LogP contribution in [0.5, 0.6) is 0 Å². The SMILES string of the molecule is O=C(CN1CCC(CO)CC1)Nc1scnc1-c1ccccc1. The predicted molar refractivity (Wildman–Crippen MR) is 92.4 cm³/mol. The third-order valence-corrected chi connectivity index (χ3v) is 4.94. The van der Waals surface area contributed by atoms with Crippen molar-refractivity contribution in [3.63, 3.8) is 0 Å². The number of carbonyl (C=O) groups excluding carboxylic acids is 1. The van der Waals surface area contributed by atoms with Gasteiger partial charge in [-0.2, -0.15) is 0 Å². The van der Waals surface area contributed by atoms with Crippen LogP contribution in [0.4, 0.5) is 5.00 Å². The molecule has 1 aromatic heterocycles. The van der Waals surface area contributed by atoms with Gasteiger partial charge in [0.2, 0.25) is 5.91 Å². The Kier molecular flexibility index (Phi) is 5.38. The van der Waals surface area contributed by atoms with Gasteiger partial charge in [-0.25, -0.2) is 4.98 Å².